The van der Waals surface area contributed by atoms with Gasteiger partial charge in [0.2, 0.25) is 0 Å². The van der Waals surface area contributed by atoms with Crippen LogP contribution < -0.4 is 5.73 Å². The maximum Gasteiger partial charge on any atom is 0.131 e. The lowest BCUT2D eigenvalue weighted by Crippen LogP contribution is -2.15. The molecular weight excluding hydrogens is 324 g/mol. The summed E-state index contributed by atoms with van der Waals surface area (Å²) in [5.41, 5.74) is 6.27. The SMILES string of the molecule is NC(c1ccc(Br)c(Cl)c1)c1c(F)cccc1F. The van der Waals surface area contributed by atoms with Crippen LogP contribution in [0.15, 0.2) is 40.9 Å². The first kappa shape index (κ1) is 13.5. The third kappa shape index (κ3) is 2.55. The Hall–Kier alpha value is -0.970. The lowest BCUT2D eigenvalue weighted by atomic mass is 9.99. The highest BCUT2D eigenvalue weighted by Gasteiger charge is 2.18. The van der Waals surface area contributed by atoms with E-state index in [9.17, 15) is 8.78 Å². The van der Waals surface area contributed by atoms with Gasteiger partial charge >= 0.3 is 0 Å². The molecule has 0 radical (unpaired) electrons. The van der Waals surface area contributed by atoms with Gasteiger partial charge in [0.1, 0.15) is 11.6 Å². The van der Waals surface area contributed by atoms with Crippen molar-refractivity contribution in [3.05, 3.63) is 68.7 Å². The zero-order chi connectivity index (χ0) is 13.3. The van der Waals surface area contributed by atoms with Gasteiger partial charge in [-0.1, -0.05) is 23.7 Å². The summed E-state index contributed by atoms with van der Waals surface area (Å²) in [5.74, 6) is -1.33. The van der Waals surface area contributed by atoms with Crippen LogP contribution in [-0.4, -0.2) is 0 Å². The summed E-state index contributed by atoms with van der Waals surface area (Å²) in [7, 11) is 0. The Morgan fingerprint density at radius 2 is 1.72 bits per heavy atom. The summed E-state index contributed by atoms with van der Waals surface area (Å²) in [6, 6.07) is 7.72. The minimum absolute atomic E-state index is 0.157. The Kier molecular flexibility index (Phi) is 4.00. The fraction of sp³-hybridized carbons (Fsp3) is 0.0769. The highest BCUT2D eigenvalue weighted by molar-refractivity contribution is 9.10. The van der Waals surface area contributed by atoms with Crippen LogP contribution >= 0.6 is 27.5 Å². The maximum atomic E-state index is 13.6. The van der Waals surface area contributed by atoms with Gasteiger partial charge in [0.15, 0.2) is 0 Å². The largest absolute Gasteiger partial charge is 0.320 e. The summed E-state index contributed by atoms with van der Waals surface area (Å²) in [6.07, 6.45) is 0. The van der Waals surface area contributed by atoms with E-state index in [1.807, 2.05) is 0 Å². The van der Waals surface area contributed by atoms with E-state index in [0.29, 0.717) is 15.1 Å². The average molecular weight is 333 g/mol. The van der Waals surface area contributed by atoms with Crippen LogP contribution in [-0.2, 0) is 0 Å². The van der Waals surface area contributed by atoms with Crippen LogP contribution in [0.4, 0.5) is 8.78 Å². The molecule has 2 aromatic carbocycles. The van der Waals surface area contributed by atoms with E-state index in [2.05, 4.69) is 15.9 Å². The average Bonchev–Trinajstić information content (AvgIpc) is 2.32. The molecule has 0 saturated heterocycles. The molecule has 5 heteroatoms. The number of hydrogen-bond acceptors (Lipinski definition) is 1. The van der Waals surface area contributed by atoms with E-state index < -0.39 is 17.7 Å². The van der Waals surface area contributed by atoms with Crippen LogP contribution in [0.1, 0.15) is 17.2 Å². The van der Waals surface area contributed by atoms with Gasteiger partial charge in [-0.2, -0.15) is 0 Å². The molecule has 1 nitrogen and oxygen atoms in total. The fourth-order valence-corrected chi connectivity index (χ4v) is 2.12. The fourth-order valence-electron chi connectivity index (χ4n) is 1.68. The molecule has 1 unspecified atom stereocenters. The van der Waals surface area contributed by atoms with Gasteiger partial charge < -0.3 is 5.73 Å². The van der Waals surface area contributed by atoms with Gasteiger partial charge in [0, 0.05) is 10.0 Å². The monoisotopic (exact) mass is 331 g/mol. The van der Waals surface area contributed by atoms with Gasteiger partial charge in [-0.25, -0.2) is 8.78 Å². The molecule has 2 rings (SSSR count). The van der Waals surface area contributed by atoms with Crippen LogP contribution in [0, 0.1) is 11.6 Å². The minimum Gasteiger partial charge on any atom is -0.320 e. The Bertz CT molecular complexity index is 569. The smallest absolute Gasteiger partial charge is 0.131 e. The Morgan fingerprint density at radius 1 is 1.11 bits per heavy atom. The second-order valence-electron chi connectivity index (χ2n) is 3.79. The standard InChI is InChI=1S/C13H9BrClF2N/c14-8-5-4-7(6-9(8)15)13(18)12-10(16)2-1-3-11(12)17/h1-6,13H,18H2. The molecule has 1 atom stereocenters. The molecule has 0 aliphatic carbocycles. The van der Waals surface area contributed by atoms with Crippen LogP contribution in [0.2, 0.25) is 5.02 Å². The van der Waals surface area contributed by atoms with Gasteiger partial charge in [-0.3, -0.25) is 0 Å². The molecule has 0 aromatic heterocycles. The summed E-state index contributed by atoms with van der Waals surface area (Å²) < 4.78 is 27.9. The van der Waals surface area contributed by atoms with Gasteiger partial charge in [-0.15, -0.1) is 0 Å². The first-order chi connectivity index (χ1) is 8.50. The Morgan fingerprint density at radius 3 is 2.28 bits per heavy atom. The second kappa shape index (κ2) is 5.34. The van der Waals surface area contributed by atoms with Crippen LogP contribution in [0.3, 0.4) is 0 Å². The maximum absolute atomic E-state index is 13.6. The molecule has 0 fully saturated rings. The number of rotatable bonds is 2. The lowest BCUT2D eigenvalue weighted by Gasteiger charge is -2.15. The zero-order valence-electron chi connectivity index (χ0n) is 9.13. The summed E-state index contributed by atoms with van der Waals surface area (Å²) in [5, 5.41) is 0.444. The number of halogens is 4. The number of benzene rings is 2. The van der Waals surface area contributed by atoms with Crippen molar-refractivity contribution in [1.29, 1.82) is 0 Å². The molecule has 94 valence electrons. The Balaban J connectivity index is 2.48. The van der Waals surface area contributed by atoms with E-state index in [4.69, 9.17) is 17.3 Å². The normalized spacial score (nSPS) is 12.5. The highest BCUT2D eigenvalue weighted by Crippen LogP contribution is 2.29. The third-order valence-electron chi connectivity index (χ3n) is 2.61. The predicted octanol–water partition coefficient (Wildman–Crippen LogP) is 4.43. The summed E-state index contributed by atoms with van der Waals surface area (Å²) in [6.45, 7) is 0. The van der Waals surface area contributed by atoms with Crippen molar-refractivity contribution in [1.82, 2.24) is 0 Å². The molecule has 2 aromatic rings. The first-order valence-corrected chi connectivity index (χ1v) is 6.32. The predicted molar refractivity (Wildman–Crippen MR) is 71.5 cm³/mol. The van der Waals surface area contributed by atoms with Crippen molar-refractivity contribution < 1.29 is 8.78 Å². The molecule has 0 heterocycles. The summed E-state index contributed by atoms with van der Waals surface area (Å²) >= 11 is 9.18. The van der Waals surface area contributed by atoms with Crippen LogP contribution in [0.25, 0.3) is 0 Å². The van der Waals surface area contributed by atoms with Crippen molar-refractivity contribution in [3.63, 3.8) is 0 Å². The minimum atomic E-state index is -0.892. The van der Waals surface area contributed by atoms with Crippen molar-refractivity contribution in [3.8, 4) is 0 Å². The highest BCUT2D eigenvalue weighted by atomic mass is 79.9. The quantitative estimate of drug-likeness (QED) is 0.865. The van der Waals surface area contributed by atoms with E-state index >= 15 is 0 Å². The second-order valence-corrected chi connectivity index (χ2v) is 5.05. The van der Waals surface area contributed by atoms with Gasteiger partial charge in [0.25, 0.3) is 0 Å². The molecule has 2 N–H and O–H groups in total. The van der Waals surface area contributed by atoms with Crippen LogP contribution in [0.5, 0.6) is 0 Å². The van der Waals surface area contributed by atoms with Gasteiger partial charge in [0.05, 0.1) is 11.1 Å². The molecule has 0 saturated carbocycles. The van der Waals surface area contributed by atoms with Crippen molar-refractivity contribution in [2.75, 3.05) is 0 Å². The summed E-state index contributed by atoms with van der Waals surface area (Å²) in [4.78, 5) is 0. The van der Waals surface area contributed by atoms with E-state index in [-0.39, 0.29) is 5.56 Å². The van der Waals surface area contributed by atoms with Crippen molar-refractivity contribution in [2.24, 2.45) is 5.73 Å². The van der Waals surface area contributed by atoms with Gasteiger partial charge in [-0.05, 0) is 45.8 Å². The number of hydrogen-bond donors (Lipinski definition) is 1. The molecule has 0 aliphatic heterocycles. The van der Waals surface area contributed by atoms with E-state index in [1.54, 1.807) is 18.2 Å². The van der Waals surface area contributed by atoms with Crippen molar-refractivity contribution in [2.45, 2.75) is 6.04 Å². The topological polar surface area (TPSA) is 26.0 Å². The third-order valence-corrected chi connectivity index (χ3v) is 3.85. The molecule has 18 heavy (non-hydrogen) atoms. The van der Waals surface area contributed by atoms with Crippen molar-refractivity contribution >= 4 is 27.5 Å². The molecule has 0 spiro atoms. The Labute approximate surface area is 117 Å². The molecule has 0 bridgehead atoms. The number of nitrogens with two attached hydrogens (primary N) is 1. The molecule has 0 amide bonds. The van der Waals surface area contributed by atoms with E-state index in [1.165, 1.54) is 18.2 Å². The first-order valence-electron chi connectivity index (χ1n) is 5.15. The molecule has 0 aliphatic rings. The molecular formula is C13H9BrClF2N. The zero-order valence-corrected chi connectivity index (χ0v) is 11.5. The van der Waals surface area contributed by atoms with E-state index in [0.717, 1.165) is 0 Å². The lowest BCUT2D eigenvalue weighted by molar-refractivity contribution is 0.543.